The van der Waals surface area contributed by atoms with Crippen LogP contribution in [0.5, 0.6) is 0 Å². The number of imidazole rings is 1. The summed E-state index contributed by atoms with van der Waals surface area (Å²) >= 11 is 1.61. The van der Waals surface area contributed by atoms with Crippen molar-refractivity contribution >= 4 is 22.1 Å². The normalized spacial score (nSPS) is 10.9. The third-order valence-electron chi connectivity index (χ3n) is 2.68. The lowest BCUT2D eigenvalue weighted by Gasteiger charge is -1.98. The van der Waals surface area contributed by atoms with Crippen molar-refractivity contribution in [2.45, 2.75) is 6.92 Å². The highest BCUT2D eigenvalue weighted by Crippen LogP contribution is 2.21. The second-order valence-electron chi connectivity index (χ2n) is 3.85. The molecule has 0 radical (unpaired) electrons. The van der Waals surface area contributed by atoms with Gasteiger partial charge in [-0.15, -0.1) is 11.3 Å². The number of aromatic nitrogens is 2. The first-order valence-electron chi connectivity index (χ1n) is 5.27. The molecule has 2 heterocycles. The van der Waals surface area contributed by atoms with Crippen molar-refractivity contribution in [3.05, 3.63) is 47.6 Å². The van der Waals surface area contributed by atoms with Gasteiger partial charge in [-0.2, -0.15) is 0 Å². The first kappa shape index (κ1) is 10.2. The van der Waals surface area contributed by atoms with Gasteiger partial charge in [0.05, 0.1) is 5.69 Å². The van der Waals surface area contributed by atoms with E-state index >= 15 is 0 Å². The topological polar surface area (TPSA) is 34.4 Å². The summed E-state index contributed by atoms with van der Waals surface area (Å²) in [5.41, 5.74) is 2.70. The monoisotopic (exact) mass is 242 g/mol. The molecule has 0 aliphatic rings. The van der Waals surface area contributed by atoms with Gasteiger partial charge in [-0.1, -0.05) is 24.3 Å². The Morgan fingerprint density at radius 3 is 2.71 bits per heavy atom. The molecule has 4 heteroatoms. The van der Waals surface area contributed by atoms with Gasteiger partial charge in [-0.3, -0.25) is 9.20 Å². The van der Waals surface area contributed by atoms with Gasteiger partial charge in [0, 0.05) is 28.9 Å². The van der Waals surface area contributed by atoms with Gasteiger partial charge in [0.15, 0.2) is 10.7 Å². The lowest BCUT2D eigenvalue weighted by molar-refractivity contribution is 0.101. The maximum absolute atomic E-state index is 11.2. The zero-order valence-corrected chi connectivity index (χ0v) is 10.1. The van der Waals surface area contributed by atoms with E-state index in [1.165, 1.54) is 0 Å². The lowest BCUT2D eigenvalue weighted by Crippen LogP contribution is -1.90. The Hall–Kier alpha value is -1.94. The Labute approximate surface area is 102 Å². The van der Waals surface area contributed by atoms with E-state index in [1.807, 2.05) is 46.4 Å². The van der Waals surface area contributed by atoms with Gasteiger partial charge in [0.1, 0.15) is 0 Å². The Balaban J connectivity index is 2.03. The fraction of sp³-hybridized carbons (Fsp3) is 0.0769. The highest BCUT2D eigenvalue weighted by atomic mass is 32.1. The van der Waals surface area contributed by atoms with Crippen LogP contribution in [0.15, 0.2) is 42.0 Å². The van der Waals surface area contributed by atoms with Crippen LogP contribution >= 0.6 is 11.3 Å². The number of nitrogens with zero attached hydrogens (tertiary/aromatic N) is 2. The van der Waals surface area contributed by atoms with Crippen molar-refractivity contribution in [3.63, 3.8) is 0 Å². The van der Waals surface area contributed by atoms with E-state index in [-0.39, 0.29) is 5.78 Å². The number of ketones is 1. The van der Waals surface area contributed by atoms with Gasteiger partial charge in [0.25, 0.3) is 0 Å². The highest BCUT2D eigenvalue weighted by molar-refractivity contribution is 7.15. The molecule has 3 nitrogen and oxygen atoms in total. The molecule has 0 aliphatic heterocycles. The molecular formula is C13H10N2OS. The Morgan fingerprint density at radius 1 is 1.29 bits per heavy atom. The molecule has 1 aromatic carbocycles. The third kappa shape index (κ3) is 1.76. The lowest BCUT2D eigenvalue weighted by atomic mass is 10.1. The number of carbonyl (C=O) groups is 1. The molecule has 0 aliphatic carbocycles. The fourth-order valence-corrected chi connectivity index (χ4v) is 2.44. The summed E-state index contributed by atoms with van der Waals surface area (Å²) < 4.78 is 2.00. The number of fused-ring (bicyclic) bond motifs is 1. The Bertz CT molecular complexity index is 650. The van der Waals surface area contributed by atoms with Gasteiger partial charge >= 0.3 is 0 Å². The molecule has 0 amide bonds. The largest absolute Gasteiger partial charge is 0.297 e. The smallest absolute Gasteiger partial charge is 0.194 e. The maximum Gasteiger partial charge on any atom is 0.194 e. The van der Waals surface area contributed by atoms with Gasteiger partial charge in [0.2, 0.25) is 0 Å². The van der Waals surface area contributed by atoms with E-state index in [4.69, 9.17) is 0 Å². The van der Waals surface area contributed by atoms with Crippen LogP contribution in [-0.2, 0) is 0 Å². The van der Waals surface area contributed by atoms with Crippen LogP contribution < -0.4 is 0 Å². The van der Waals surface area contributed by atoms with Crippen LogP contribution in [0.1, 0.15) is 17.3 Å². The molecule has 3 rings (SSSR count). The van der Waals surface area contributed by atoms with Crippen LogP contribution in [0.3, 0.4) is 0 Å². The second kappa shape index (κ2) is 3.82. The van der Waals surface area contributed by atoms with Crippen molar-refractivity contribution in [2.24, 2.45) is 0 Å². The summed E-state index contributed by atoms with van der Waals surface area (Å²) in [6.45, 7) is 1.57. The molecule has 84 valence electrons. The molecule has 0 bridgehead atoms. The predicted octanol–water partition coefficient (Wildman–Crippen LogP) is 3.27. The number of hydrogen-bond donors (Lipinski definition) is 0. The summed E-state index contributed by atoms with van der Waals surface area (Å²) in [4.78, 5) is 16.7. The average Bonchev–Trinajstić information content (AvgIpc) is 2.89. The minimum Gasteiger partial charge on any atom is -0.297 e. The van der Waals surface area contributed by atoms with Crippen LogP contribution in [0.4, 0.5) is 0 Å². The van der Waals surface area contributed by atoms with E-state index in [9.17, 15) is 4.79 Å². The van der Waals surface area contributed by atoms with Crippen LogP contribution in [0, 0.1) is 0 Å². The first-order valence-corrected chi connectivity index (χ1v) is 6.15. The van der Waals surface area contributed by atoms with Gasteiger partial charge in [-0.05, 0) is 6.92 Å². The zero-order valence-electron chi connectivity index (χ0n) is 9.25. The molecule has 0 saturated heterocycles. The standard InChI is InChI=1S/C13H10N2OS/c1-9(16)10-2-4-11(5-3-10)12-8-15-6-7-17-13(15)14-12/h2-8H,1H3. The number of thiazole rings is 1. The maximum atomic E-state index is 11.2. The van der Waals surface area contributed by atoms with Crippen LogP contribution in [0.2, 0.25) is 0 Å². The van der Waals surface area contributed by atoms with E-state index < -0.39 is 0 Å². The van der Waals surface area contributed by atoms with E-state index in [1.54, 1.807) is 18.3 Å². The van der Waals surface area contributed by atoms with Crippen molar-refractivity contribution in [2.75, 3.05) is 0 Å². The SMILES string of the molecule is CC(=O)c1ccc(-c2cn3ccsc3n2)cc1. The highest BCUT2D eigenvalue weighted by Gasteiger charge is 2.05. The van der Waals surface area contributed by atoms with Gasteiger partial charge in [-0.25, -0.2) is 4.98 Å². The predicted molar refractivity (Wildman–Crippen MR) is 68.5 cm³/mol. The molecular weight excluding hydrogens is 232 g/mol. The third-order valence-corrected chi connectivity index (χ3v) is 3.45. The average molecular weight is 242 g/mol. The quantitative estimate of drug-likeness (QED) is 0.646. The molecule has 2 aromatic heterocycles. The Kier molecular flexibility index (Phi) is 2.30. The van der Waals surface area contributed by atoms with E-state index in [0.29, 0.717) is 0 Å². The second-order valence-corrected chi connectivity index (χ2v) is 4.73. The minimum absolute atomic E-state index is 0.0855. The van der Waals surface area contributed by atoms with Crippen LogP contribution in [-0.4, -0.2) is 15.2 Å². The molecule has 0 N–H and O–H groups in total. The molecule has 0 atom stereocenters. The molecule has 0 saturated carbocycles. The van der Waals surface area contributed by atoms with E-state index in [2.05, 4.69) is 4.98 Å². The number of rotatable bonds is 2. The molecule has 0 unspecified atom stereocenters. The van der Waals surface area contributed by atoms with Crippen molar-refractivity contribution in [1.82, 2.24) is 9.38 Å². The number of hydrogen-bond acceptors (Lipinski definition) is 3. The summed E-state index contributed by atoms with van der Waals surface area (Å²) in [6.07, 6.45) is 3.98. The minimum atomic E-state index is 0.0855. The summed E-state index contributed by atoms with van der Waals surface area (Å²) in [6, 6.07) is 7.54. The fourth-order valence-electron chi connectivity index (χ4n) is 1.74. The van der Waals surface area contributed by atoms with E-state index in [0.717, 1.165) is 21.8 Å². The van der Waals surface area contributed by atoms with Crippen molar-refractivity contribution < 1.29 is 4.79 Å². The molecule has 17 heavy (non-hydrogen) atoms. The molecule has 0 spiro atoms. The molecule has 3 aromatic rings. The number of Topliss-reactive ketones (excluding diaryl/α,β-unsaturated/α-hetero) is 1. The summed E-state index contributed by atoms with van der Waals surface area (Å²) in [5.74, 6) is 0.0855. The Morgan fingerprint density at radius 2 is 2.06 bits per heavy atom. The van der Waals surface area contributed by atoms with Crippen molar-refractivity contribution in [1.29, 1.82) is 0 Å². The van der Waals surface area contributed by atoms with Gasteiger partial charge < -0.3 is 0 Å². The number of benzene rings is 1. The van der Waals surface area contributed by atoms with Crippen LogP contribution in [0.25, 0.3) is 16.2 Å². The molecule has 0 fully saturated rings. The van der Waals surface area contributed by atoms with Crippen molar-refractivity contribution in [3.8, 4) is 11.3 Å². The number of carbonyl (C=O) groups excluding carboxylic acids is 1. The zero-order chi connectivity index (χ0) is 11.8. The first-order chi connectivity index (χ1) is 8.24. The summed E-state index contributed by atoms with van der Waals surface area (Å²) in [5, 5.41) is 2.00. The summed E-state index contributed by atoms with van der Waals surface area (Å²) in [7, 11) is 0.